The van der Waals surface area contributed by atoms with Crippen molar-refractivity contribution in [3.05, 3.63) is 143 Å². The topological polar surface area (TPSA) is 44.9 Å². The molecule has 1 amide bonds. The molecule has 0 radical (unpaired) electrons. The van der Waals surface area contributed by atoms with Crippen LogP contribution in [-0.4, -0.2) is 17.4 Å². The SMILES string of the molecule is CCc1cccc2c([C@@H](CC(=O)NCCC(c3ccccc3)c3ccccc3)c3ccccc3C(F)(F)F)c[nH]c12. The lowest BCUT2D eigenvalue weighted by molar-refractivity contribution is -0.138. The van der Waals surface area contributed by atoms with Crippen LogP contribution in [0.15, 0.2) is 109 Å². The molecule has 41 heavy (non-hydrogen) atoms. The van der Waals surface area contributed by atoms with Gasteiger partial charge in [0.1, 0.15) is 0 Å². The lowest BCUT2D eigenvalue weighted by atomic mass is 9.84. The average Bonchev–Trinajstić information content (AvgIpc) is 3.43. The molecule has 0 aliphatic carbocycles. The molecule has 0 saturated carbocycles. The van der Waals surface area contributed by atoms with Gasteiger partial charge in [-0.2, -0.15) is 13.2 Å². The number of carbonyl (C=O) groups excluding carboxylic acids is 1. The molecule has 5 aromatic rings. The molecule has 0 unspecified atom stereocenters. The Morgan fingerprint density at radius 3 is 2.05 bits per heavy atom. The van der Waals surface area contributed by atoms with Gasteiger partial charge in [0.25, 0.3) is 0 Å². The molecule has 1 heterocycles. The van der Waals surface area contributed by atoms with E-state index in [9.17, 15) is 18.0 Å². The van der Waals surface area contributed by atoms with Gasteiger partial charge in [-0.15, -0.1) is 0 Å². The number of aryl methyl sites for hydroxylation is 1. The van der Waals surface area contributed by atoms with E-state index < -0.39 is 17.7 Å². The minimum Gasteiger partial charge on any atom is -0.361 e. The second-order valence-electron chi connectivity index (χ2n) is 10.3. The Morgan fingerprint density at radius 2 is 1.41 bits per heavy atom. The van der Waals surface area contributed by atoms with Gasteiger partial charge in [-0.1, -0.05) is 104 Å². The summed E-state index contributed by atoms with van der Waals surface area (Å²) in [4.78, 5) is 16.7. The number of fused-ring (bicyclic) bond motifs is 1. The van der Waals surface area contributed by atoms with Crippen molar-refractivity contribution in [3.8, 4) is 0 Å². The van der Waals surface area contributed by atoms with Crippen LogP contribution in [0.4, 0.5) is 13.2 Å². The minimum atomic E-state index is -4.54. The predicted octanol–water partition coefficient (Wildman–Crippen LogP) is 8.61. The number of halogens is 3. The Kier molecular flexibility index (Phi) is 8.58. The Bertz CT molecular complexity index is 1550. The van der Waals surface area contributed by atoms with Gasteiger partial charge in [-0.3, -0.25) is 4.79 Å². The normalized spacial score (nSPS) is 12.5. The van der Waals surface area contributed by atoms with E-state index in [4.69, 9.17) is 0 Å². The van der Waals surface area contributed by atoms with Crippen LogP contribution in [0.3, 0.4) is 0 Å². The van der Waals surface area contributed by atoms with E-state index in [1.165, 1.54) is 12.1 Å². The number of aromatic nitrogens is 1. The van der Waals surface area contributed by atoms with Gasteiger partial charge in [-0.25, -0.2) is 0 Å². The molecular formula is C35H33F3N2O. The molecular weight excluding hydrogens is 521 g/mol. The molecule has 0 aliphatic heterocycles. The average molecular weight is 555 g/mol. The minimum absolute atomic E-state index is 0.0838. The lowest BCUT2D eigenvalue weighted by Gasteiger charge is -2.22. The van der Waals surface area contributed by atoms with Crippen LogP contribution in [0, 0.1) is 0 Å². The summed E-state index contributed by atoms with van der Waals surface area (Å²) in [5, 5.41) is 3.85. The first kappa shape index (κ1) is 28.2. The van der Waals surface area contributed by atoms with Crippen molar-refractivity contribution in [2.75, 3.05) is 6.54 Å². The Labute approximate surface area is 238 Å². The maximum atomic E-state index is 14.1. The Hall–Kier alpha value is -4.32. The zero-order chi connectivity index (χ0) is 28.8. The fourth-order valence-corrected chi connectivity index (χ4v) is 5.78. The maximum absolute atomic E-state index is 14.1. The molecule has 0 fully saturated rings. The van der Waals surface area contributed by atoms with Crippen molar-refractivity contribution < 1.29 is 18.0 Å². The molecule has 4 aromatic carbocycles. The zero-order valence-electron chi connectivity index (χ0n) is 22.9. The van der Waals surface area contributed by atoms with Crippen molar-refractivity contribution in [3.63, 3.8) is 0 Å². The lowest BCUT2D eigenvalue weighted by Crippen LogP contribution is -2.28. The summed E-state index contributed by atoms with van der Waals surface area (Å²) >= 11 is 0. The molecule has 0 spiro atoms. The summed E-state index contributed by atoms with van der Waals surface area (Å²) in [6.45, 7) is 2.44. The van der Waals surface area contributed by atoms with Crippen molar-refractivity contribution >= 4 is 16.8 Å². The van der Waals surface area contributed by atoms with Gasteiger partial charge in [0.2, 0.25) is 5.91 Å². The molecule has 3 nitrogen and oxygen atoms in total. The fraction of sp³-hybridized carbons (Fsp3) is 0.229. The van der Waals surface area contributed by atoms with Gasteiger partial charge < -0.3 is 10.3 Å². The summed E-state index contributed by atoms with van der Waals surface area (Å²) in [6.07, 6.45) is -1.43. The van der Waals surface area contributed by atoms with E-state index in [0.29, 0.717) is 18.5 Å². The number of hydrogen-bond acceptors (Lipinski definition) is 1. The van der Waals surface area contributed by atoms with Crippen LogP contribution in [0.2, 0.25) is 0 Å². The molecule has 5 rings (SSSR count). The highest BCUT2D eigenvalue weighted by molar-refractivity contribution is 5.88. The smallest absolute Gasteiger partial charge is 0.361 e. The summed E-state index contributed by atoms with van der Waals surface area (Å²) < 4.78 is 42.4. The number of benzene rings is 4. The number of H-pyrrole nitrogens is 1. The number of para-hydroxylation sites is 1. The van der Waals surface area contributed by atoms with E-state index in [0.717, 1.165) is 40.1 Å². The van der Waals surface area contributed by atoms with E-state index in [1.54, 1.807) is 12.3 Å². The van der Waals surface area contributed by atoms with Gasteiger partial charge in [0.15, 0.2) is 0 Å². The second-order valence-corrected chi connectivity index (χ2v) is 10.3. The molecule has 1 aromatic heterocycles. The standard InChI is InChI=1S/C35H33F3N2O/c1-2-24-16-11-18-29-31(23-40-34(24)29)30(28-17-9-10-19-32(28)35(36,37)38)22-33(41)39-21-20-27(25-12-5-3-6-13-25)26-14-7-4-8-15-26/h3-19,23,27,30,40H,2,20-22H2,1H3,(H,39,41)/t30-/m0/s1. The van der Waals surface area contributed by atoms with Gasteiger partial charge in [0, 0.05) is 41.9 Å². The molecule has 0 bridgehead atoms. The third-order valence-electron chi connectivity index (χ3n) is 7.78. The van der Waals surface area contributed by atoms with Crippen LogP contribution >= 0.6 is 0 Å². The van der Waals surface area contributed by atoms with Crippen LogP contribution in [0.25, 0.3) is 10.9 Å². The van der Waals surface area contributed by atoms with Crippen molar-refractivity contribution in [2.45, 2.75) is 44.2 Å². The first-order valence-electron chi connectivity index (χ1n) is 14.0. The zero-order valence-corrected chi connectivity index (χ0v) is 22.9. The molecule has 210 valence electrons. The first-order chi connectivity index (χ1) is 19.9. The maximum Gasteiger partial charge on any atom is 0.416 e. The number of carbonyl (C=O) groups is 1. The predicted molar refractivity (Wildman–Crippen MR) is 158 cm³/mol. The quantitative estimate of drug-likeness (QED) is 0.178. The van der Waals surface area contributed by atoms with Gasteiger partial charge in [-0.05, 0) is 46.7 Å². The van der Waals surface area contributed by atoms with Crippen LogP contribution in [0.1, 0.15) is 65.0 Å². The summed E-state index contributed by atoms with van der Waals surface area (Å²) in [5.41, 5.74) is 4.35. The third-order valence-corrected chi connectivity index (χ3v) is 7.78. The van der Waals surface area contributed by atoms with Gasteiger partial charge in [0.05, 0.1) is 5.56 Å². The van der Waals surface area contributed by atoms with Crippen LogP contribution < -0.4 is 5.32 Å². The summed E-state index contributed by atoms with van der Waals surface area (Å²) in [5.74, 6) is -0.971. The summed E-state index contributed by atoms with van der Waals surface area (Å²) in [7, 11) is 0. The number of alkyl halides is 3. The number of hydrogen-bond donors (Lipinski definition) is 2. The number of rotatable bonds is 10. The molecule has 6 heteroatoms. The van der Waals surface area contributed by atoms with Crippen LogP contribution in [-0.2, 0) is 17.4 Å². The van der Waals surface area contributed by atoms with Crippen LogP contribution in [0.5, 0.6) is 0 Å². The highest BCUT2D eigenvalue weighted by Crippen LogP contribution is 2.41. The third kappa shape index (κ3) is 6.37. The number of nitrogens with one attached hydrogen (secondary N) is 2. The summed E-state index contributed by atoms with van der Waals surface area (Å²) in [6, 6.07) is 31.6. The monoisotopic (exact) mass is 554 g/mol. The highest BCUT2D eigenvalue weighted by atomic mass is 19.4. The molecule has 0 aliphatic rings. The fourth-order valence-electron chi connectivity index (χ4n) is 5.78. The van der Waals surface area contributed by atoms with Crippen molar-refractivity contribution in [1.29, 1.82) is 0 Å². The second kappa shape index (κ2) is 12.5. The first-order valence-corrected chi connectivity index (χ1v) is 14.0. The largest absolute Gasteiger partial charge is 0.416 e. The van der Waals surface area contributed by atoms with E-state index >= 15 is 0 Å². The van der Waals surface area contributed by atoms with Crippen molar-refractivity contribution in [1.82, 2.24) is 10.3 Å². The number of amides is 1. The van der Waals surface area contributed by atoms with E-state index in [2.05, 4.69) is 34.6 Å². The van der Waals surface area contributed by atoms with Gasteiger partial charge >= 0.3 is 6.18 Å². The molecule has 0 saturated heterocycles. The Balaban J connectivity index is 1.41. The number of aromatic amines is 1. The highest BCUT2D eigenvalue weighted by Gasteiger charge is 2.36. The van der Waals surface area contributed by atoms with E-state index in [-0.39, 0.29) is 23.8 Å². The molecule has 2 N–H and O–H groups in total. The van der Waals surface area contributed by atoms with E-state index in [1.807, 2.05) is 61.5 Å². The van der Waals surface area contributed by atoms with Crippen molar-refractivity contribution in [2.24, 2.45) is 0 Å². The molecule has 1 atom stereocenters. The Morgan fingerprint density at radius 1 is 0.780 bits per heavy atom.